The zero-order chi connectivity index (χ0) is 14.0. The number of hydrogen-bond acceptors (Lipinski definition) is 2. The SMILES string of the molecule is CNCc1cccc(Cl)c1N1CCC(C(C)(C)C)C1. The number of para-hydroxylation sites is 1. The normalized spacial score (nSPS) is 20.1. The van der Waals surface area contributed by atoms with Gasteiger partial charge in [-0.15, -0.1) is 0 Å². The first-order valence-electron chi connectivity index (χ1n) is 7.10. The highest BCUT2D eigenvalue weighted by Crippen LogP contribution is 2.39. The summed E-state index contributed by atoms with van der Waals surface area (Å²) in [6, 6.07) is 6.21. The van der Waals surface area contributed by atoms with Gasteiger partial charge < -0.3 is 10.2 Å². The molecule has 1 unspecified atom stereocenters. The first-order valence-corrected chi connectivity index (χ1v) is 7.48. The van der Waals surface area contributed by atoms with E-state index in [2.05, 4.69) is 37.1 Å². The molecule has 2 nitrogen and oxygen atoms in total. The Hall–Kier alpha value is -0.730. The molecule has 19 heavy (non-hydrogen) atoms. The van der Waals surface area contributed by atoms with Crippen LogP contribution in [0, 0.1) is 11.3 Å². The fourth-order valence-corrected chi connectivity index (χ4v) is 3.23. The third-order valence-corrected chi connectivity index (χ3v) is 4.47. The van der Waals surface area contributed by atoms with Crippen LogP contribution < -0.4 is 10.2 Å². The zero-order valence-electron chi connectivity index (χ0n) is 12.5. The molecule has 0 radical (unpaired) electrons. The second-order valence-corrected chi connectivity index (χ2v) is 6.98. The maximum absolute atomic E-state index is 6.44. The van der Waals surface area contributed by atoms with E-state index in [1.165, 1.54) is 17.7 Å². The number of nitrogens with zero attached hydrogens (tertiary/aromatic N) is 1. The van der Waals surface area contributed by atoms with Crippen molar-refractivity contribution in [2.24, 2.45) is 11.3 Å². The molecule has 1 aromatic carbocycles. The summed E-state index contributed by atoms with van der Waals surface area (Å²) in [4.78, 5) is 2.46. The number of anilines is 1. The van der Waals surface area contributed by atoms with Crippen molar-refractivity contribution in [3.8, 4) is 0 Å². The standard InChI is InChI=1S/C16H25ClN2/c1-16(2,3)13-8-9-19(11-13)15-12(10-18-4)6-5-7-14(15)17/h5-7,13,18H,8-11H2,1-4H3. The monoisotopic (exact) mass is 280 g/mol. The summed E-state index contributed by atoms with van der Waals surface area (Å²) < 4.78 is 0. The van der Waals surface area contributed by atoms with Crippen LogP contribution in [-0.2, 0) is 6.54 Å². The number of halogens is 1. The molecule has 106 valence electrons. The summed E-state index contributed by atoms with van der Waals surface area (Å²) in [5.41, 5.74) is 2.90. The topological polar surface area (TPSA) is 15.3 Å². The Labute approximate surface area is 122 Å². The quantitative estimate of drug-likeness (QED) is 0.902. The third-order valence-electron chi connectivity index (χ3n) is 4.17. The van der Waals surface area contributed by atoms with E-state index in [-0.39, 0.29) is 0 Å². The van der Waals surface area contributed by atoms with Gasteiger partial charge in [-0.25, -0.2) is 0 Å². The number of rotatable bonds is 3. The molecule has 0 aliphatic carbocycles. The minimum atomic E-state index is 0.374. The molecule has 0 amide bonds. The van der Waals surface area contributed by atoms with Crippen molar-refractivity contribution >= 4 is 17.3 Å². The van der Waals surface area contributed by atoms with Crippen molar-refractivity contribution in [1.82, 2.24) is 5.32 Å². The van der Waals surface area contributed by atoms with Crippen molar-refractivity contribution in [1.29, 1.82) is 0 Å². The molecule has 0 aromatic heterocycles. The predicted molar refractivity (Wildman–Crippen MR) is 84.0 cm³/mol. The van der Waals surface area contributed by atoms with E-state index in [4.69, 9.17) is 11.6 Å². The van der Waals surface area contributed by atoms with Crippen LogP contribution in [0.25, 0.3) is 0 Å². The Bertz CT molecular complexity index is 437. The van der Waals surface area contributed by atoms with Crippen molar-refractivity contribution in [2.45, 2.75) is 33.7 Å². The van der Waals surface area contributed by atoms with Gasteiger partial charge in [-0.2, -0.15) is 0 Å². The molecule has 2 rings (SSSR count). The number of benzene rings is 1. The van der Waals surface area contributed by atoms with E-state index < -0.39 is 0 Å². The van der Waals surface area contributed by atoms with E-state index in [9.17, 15) is 0 Å². The van der Waals surface area contributed by atoms with Gasteiger partial charge in [-0.1, -0.05) is 44.5 Å². The summed E-state index contributed by atoms with van der Waals surface area (Å²) in [6.45, 7) is 10.1. The first-order chi connectivity index (χ1) is 8.93. The Morgan fingerprint density at radius 1 is 1.37 bits per heavy atom. The highest BCUT2D eigenvalue weighted by molar-refractivity contribution is 6.33. The van der Waals surface area contributed by atoms with Crippen LogP contribution in [0.5, 0.6) is 0 Å². The fourth-order valence-electron chi connectivity index (χ4n) is 2.92. The fraction of sp³-hybridized carbons (Fsp3) is 0.625. The van der Waals surface area contributed by atoms with Gasteiger partial charge in [0.25, 0.3) is 0 Å². The molecule has 0 saturated carbocycles. The predicted octanol–water partition coefficient (Wildman–Crippen LogP) is 3.93. The third kappa shape index (κ3) is 3.24. The van der Waals surface area contributed by atoms with Gasteiger partial charge in [-0.05, 0) is 36.4 Å². The molecule has 1 aliphatic rings. The van der Waals surface area contributed by atoms with Crippen LogP contribution >= 0.6 is 11.6 Å². The molecule has 1 saturated heterocycles. The van der Waals surface area contributed by atoms with Gasteiger partial charge in [-0.3, -0.25) is 0 Å². The van der Waals surface area contributed by atoms with E-state index in [0.717, 1.165) is 30.6 Å². The lowest BCUT2D eigenvalue weighted by molar-refractivity contribution is 0.263. The van der Waals surface area contributed by atoms with Crippen molar-refractivity contribution in [3.63, 3.8) is 0 Å². The van der Waals surface area contributed by atoms with Crippen molar-refractivity contribution in [3.05, 3.63) is 28.8 Å². The van der Waals surface area contributed by atoms with Crippen molar-refractivity contribution in [2.75, 3.05) is 25.0 Å². The lowest BCUT2D eigenvalue weighted by Crippen LogP contribution is -2.27. The van der Waals surface area contributed by atoms with Gasteiger partial charge in [0.05, 0.1) is 10.7 Å². The van der Waals surface area contributed by atoms with E-state index in [1.807, 2.05) is 19.2 Å². The summed E-state index contributed by atoms with van der Waals surface area (Å²) in [7, 11) is 1.98. The largest absolute Gasteiger partial charge is 0.370 e. The summed E-state index contributed by atoms with van der Waals surface area (Å²) >= 11 is 6.44. The molecule has 0 bridgehead atoms. The molecule has 3 heteroatoms. The van der Waals surface area contributed by atoms with Crippen LogP contribution in [0.3, 0.4) is 0 Å². The molecule has 1 fully saturated rings. The van der Waals surface area contributed by atoms with Crippen LogP contribution in [0.2, 0.25) is 5.02 Å². The maximum atomic E-state index is 6.44. The molecule has 1 atom stereocenters. The minimum absolute atomic E-state index is 0.374. The van der Waals surface area contributed by atoms with Crippen LogP contribution in [0.15, 0.2) is 18.2 Å². The molecule has 1 aliphatic heterocycles. The van der Waals surface area contributed by atoms with Crippen LogP contribution in [0.1, 0.15) is 32.8 Å². The van der Waals surface area contributed by atoms with E-state index >= 15 is 0 Å². The molecule has 1 heterocycles. The minimum Gasteiger partial charge on any atom is -0.370 e. The average molecular weight is 281 g/mol. The number of hydrogen-bond donors (Lipinski definition) is 1. The highest BCUT2D eigenvalue weighted by Gasteiger charge is 2.33. The van der Waals surface area contributed by atoms with Gasteiger partial charge in [0.2, 0.25) is 0 Å². The highest BCUT2D eigenvalue weighted by atomic mass is 35.5. The average Bonchev–Trinajstić information content (AvgIpc) is 2.78. The Morgan fingerprint density at radius 3 is 2.68 bits per heavy atom. The molecular formula is C16H25ClN2. The van der Waals surface area contributed by atoms with Gasteiger partial charge in [0.1, 0.15) is 0 Å². The Balaban J connectivity index is 2.24. The van der Waals surface area contributed by atoms with Gasteiger partial charge in [0, 0.05) is 19.6 Å². The lowest BCUT2D eigenvalue weighted by Gasteiger charge is -2.28. The Kier molecular flexibility index (Phi) is 4.42. The van der Waals surface area contributed by atoms with Gasteiger partial charge in [0.15, 0.2) is 0 Å². The van der Waals surface area contributed by atoms with E-state index in [1.54, 1.807) is 0 Å². The lowest BCUT2D eigenvalue weighted by atomic mass is 9.80. The Morgan fingerprint density at radius 2 is 2.11 bits per heavy atom. The van der Waals surface area contributed by atoms with Gasteiger partial charge >= 0.3 is 0 Å². The molecule has 1 aromatic rings. The second-order valence-electron chi connectivity index (χ2n) is 6.58. The summed E-state index contributed by atoms with van der Waals surface area (Å²) in [5.74, 6) is 0.742. The maximum Gasteiger partial charge on any atom is 0.0642 e. The second kappa shape index (κ2) is 5.72. The molecule has 1 N–H and O–H groups in total. The number of nitrogens with one attached hydrogen (secondary N) is 1. The van der Waals surface area contributed by atoms with Crippen molar-refractivity contribution < 1.29 is 0 Å². The van der Waals surface area contributed by atoms with Crippen LogP contribution in [0.4, 0.5) is 5.69 Å². The summed E-state index contributed by atoms with van der Waals surface area (Å²) in [5, 5.41) is 4.11. The first kappa shape index (κ1) is 14.7. The summed E-state index contributed by atoms with van der Waals surface area (Å²) in [6.07, 6.45) is 1.26. The molecule has 0 spiro atoms. The smallest absolute Gasteiger partial charge is 0.0642 e. The molecular weight excluding hydrogens is 256 g/mol. The zero-order valence-corrected chi connectivity index (χ0v) is 13.2. The van der Waals surface area contributed by atoms with E-state index in [0.29, 0.717) is 5.41 Å². The van der Waals surface area contributed by atoms with Crippen LogP contribution in [-0.4, -0.2) is 20.1 Å².